The molecule has 0 atom stereocenters. The van der Waals surface area contributed by atoms with Crippen molar-refractivity contribution in [3.8, 4) is 0 Å². The van der Waals surface area contributed by atoms with Gasteiger partial charge in [0.1, 0.15) is 0 Å². The van der Waals surface area contributed by atoms with Crippen LogP contribution in [0.25, 0.3) is 0 Å². The summed E-state index contributed by atoms with van der Waals surface area (Å²) in [4.78, 5) is 21.7. The average molecular weight is 203 g/mol. The molecule has 4 nitrogen and oxygen atoms in total. The quantitative estimate of drug-likeness (QED) is 0.387. The largest absolute Gasteiger partial charge is 0.294 e. The zero-order chi connectivity index (χ0) is 10.6. The van der Waals surface area contributed by atoms with Crippen LogP contribution in [0.2, 0.25) is 0 Å². The highest BCUT2D eigenvalue weighted by Gasteiger charge is 2.08. The van der Waals surface area contributed by atoms with Gasteiger partial charge in [0.25, 0.3) is 0 Å². The van der Waals surface area contributed by atoms with Gasteiger partial charge in [-0.1, -0.05) is 0 Å². The summed E-state index contributed by atoms with van der Waals surface area (Å²) < 4.78 is 14.7. The Labute approximate surface area is 78.2 Å². The normalized spacial score (nSPS) is 10.5. The van der Waals surface area contributed by atoms with E-state index in [1.807, 2.05) is 0 Å². The molecule has 0 spiro atoms. The Hall–Kier alpha value is -0.970. The van der Waals surface area contributed by atoms with Crippen LogP contribution in [0.15, 0.2) is 16.1 Å². The number of ketones is 2. The summed E-state index contributed by atoms with van der Waals surface area (Å²) in [5.74, 6) is -0.722. The lowest BCUT2D eigenvalue weighted by Gasteiger charge is -1.95. The number of carbonyl (C=O) groups is 2. The summed E-state index contributed by atoms with van der Waals surface area (Å²) in [5, 5.41) is 0. The molecule has 0 aliphatic heterocycles. The first-order valence-corrected chi connectivity index (χ1v) is 5.95. The Bertz CT molecular complexity index is 349. The van der Waals surface area contributed by atoms with E-state index in [4.69, 9.17) is 0 Å². The number of rotatable bonds is 3. The zero-order valence-corrected chi connectivity index (χ0v) is 8.97. The molecule has 0 aromatic rings. The smallest absolute Gasteiger partial charge is 0.164 e. The van der Waals surface area contributed by atoms with Crippen LogP contribution in [0, 0.1) is 0 Å². The fourth-order valence-corrected chi connectivity index (χ4v) is 0.969. The van der Waals surface area contributed by atoms with Crippen molar-refractivity contribution in [2.24, 2.45) is 4.36 Å². The maximum absolute atomic E-state index is 11.1. The van der Waals surface area contributed by atoms with Crippen LogP contribution in [0.3, 0.4) is 0 Å². The van der Waals surface area contributed by atoms with Crippen molar-refractivity contribution in [2.45, 2.75) is 13.8 Å². The van der Waals surface area contributed by atoms with Gasteiger partial charge in [-0.25, -0.2) is 8.57 Å². The SMILES string of the molecule is CC(=O)C(=CN=S(C)(C)=O)C(C)=O. The van der Waals surface area contributed by atoms with Gasteiger partial charge in [-0.15, -0.1) is 0 Å². The van der Waals surface area contributed by atoms with E-state index >= 15 is 0 Å². The lowest BCUT2D eigenvalue weighted by molar-refractivity contribution is -0.119. The fraction of sp³-hybridized carbons (Fsp3) is 0.500. The van der Waals surface area contributed by atoms with Crippen LogP contribution in [-0.4, -0.2) is 28.3 Å². The molecule has 0 aliphatic rings. The average Bonchev–Trinajstić information content (AvgIpc) is 1.82. The van der Waals surface area contributed by atoms with E-state index in [0.717, 1.165) is 6.20 Å². The van der Waals surface area contributed by atoms with Crippen molar-refractivity contribution in [1.29, 1.82) is 0 Å². The van der Waals surface area contributed by atoms with E-state index < -0.39 is 9.73 Å². The van der Waals surface area contributed by atoms with Gasteiger partial charge in [0.2, 0.25) is 0 Å². The lowest BCUT2D eigenvalue weighted by Crippen LogP contribution is -2.05. The first-order valence-electron chi connectivity index (χ1n) is 3.62. The van der Waals surface area contributed by atoms with Crippen LogP contribution in [0.1, 0.15) is 13.8 Å². The van der Waals surface area contributed by atoms with Crippen molar-refractivity contribution in [2.75, 3.05) is 12.5 Å². The number of nitrogens with zero attached hydrogens (tertiary/aromatic N) is 1. The van der Waals surface area contributed by atoms with E-state index in [-0.39, 0.29) is 17.1 Å². The Morgan fingerprint density at radius 1 is 1.15 bits per heavy atom. The van der Waals surface area contributed by atoms with Crippen LogP contribution in [0.5, 0.6) is 0 Å². The summed E-state index contributed by atoms with van der Waals surface area (Å²) in [6, 6.07) is 0. The molecule has 0 radical (unpaired) electrons. The van der Waals surface area contributed by atoms with E-state index in [0.29, 0.717) is 0 Å². The molecule has 0 fully saturated rings. The van der Waals surface area contributed by atoms with Crippen molar-refractivity contribution >= 4 is 21.3 Å². The molecule has 0 unspecified atom stereocenters. The number of hydrogen-bond donors (Lipinski definition) is 0. The van der Waals surface area contributed by atoms with Crippen LogP contribution < -0.4 is 0 Å². The maximum Gasteiger partial charge on any atom is 0.164 e. The van der Waals surface area contributed by atoms with Gasteiger partial charge in [0.05, 0.1) is 11.8 Å². The molecule has 5 heteroatoms. The minimum absolute atomic E-state index is 0.0172. The summed E-state index contributed by atoms with van der Waals surface area (Å²) in [7, 11) is -2.29. The minimum Gasteiger partial charge on any atom is -0.294 e. The maximum atomic E-state index is 11.1. The predicted octanol–water partition coefficient (Wildman–Crippen LogP) is 0.776. The summed E-state index contributed by atoms with van der Waals surface area (Å²) in [5.41, 5.74) is -0.0172. The second-order valence-corrected chi connectivity index (χ2v) is 5.52. The van der Waals surface area contributed by atoms with Gasteiger partial charge >= 0.3 is 0 Å². The number of hydrogen-bond acceptors (Lipinski definition) is 4. The third-order valence-electron chi connectivity index (χ3n) is 1.19. The minimum atomic E-state index is -2.29. The molecule has 0 rings (SSSR count). The molecule has 74 valence electrons. The zero-order valence-electron chi connectivity index (χ0n) is 8.16. The highest BCUT2D eigenvalue weighted by Crippen LogP contribution is 2.00. The molecular formula is C8H13NO3S. The molecule has 13 heavy (non-hydrogen) atoms. The molecule has 0 saturated heterocycles. The number of allylic oxidation sites excluding steroid dienone is 1. The first kappa shape index (κ1) is 12.0. The molecule has 0 heterocycles. The molecule has 0 saturated carbocycles. The number of carbonyl (C=O) groups excluding carboxylic acids is 2. The monoisotopic (exact) mass is 203 g/mol. The van der Waals surface area contributed by atoms with Gasteiger partial charge in [-0.2, -0.15) is 0 Å². The molecule has 0 aromatic heterocycles. The summed E-state index contributed by atoms with van der Waals surface area (Å²) in [6.07, 6.45) is 3.95. The highest BCUT2D eigenvalue weighted by molar-refractivity contribution is 7.92. The van der Waals surface area contributed by atoms with E-state index in [1.54, 1.807) is 0 Å². The Balaban J connectivity index is 5.11. The molecular weight excluding hydrogens is 190 g/mol. The van der Waals surface area contributed by atoms with Gasteiger partial charge in [-0.3, -0.25) is 9.59 Å². The third kappa shape index (κ3) is 5.30. The molecule has 0 N–H and O–H groups in total. The summed E-state index contributed by atoms with van der Waals surface area (Å²) in [6.45, 7) is 2.55. The van der Waals surface area contributed by atoms with Gasteiger partial charge in [0.15, 0.2) is 11.6 Å². The second kappa shape index (κ2) is 4.32. The fourth-order valence-electron chi connectivity index (χ4n) is 0.609. The van der Waals surface area contributed by atoms with Crippen molar-refractivity contribution < 1.29 is 13.8 Å². The lowest BCUT2D eigenvalue weighted by atomic mass is 10.1. The Kier molecular flexibility index (Phi) is 4.00. The molecule has 0 aliphatic carbocycles. The second-order valence-electron chi connectivity index (χ2n) is 2.94. The van der Waals surface area contributed by atoms with Crippen molar-refractivity contribution in [3.05, 3.63) is 11.8 Å². The van der Waals surface area contributed by atoms with Gasteiger partial charge in [0, 0.05) is 22.2 Å². The van der Waals surface area contributed by atoms with Crippen LogP contribution in [-0.2, 0) is 19.3 Å². The standard InChI is InChI=1S/C8H13NO3S/c1-6(10)8(7(2)11)5-9-13(3,4)12/h5H,1-4H3. The molecule has 0 amide bonds. The van der Waals surface area contributed by atoms with Crippen molar-refractivity contribution in [3.63, 3.8) is 0 Å². The molecule has 0 aromatic carbocycles. The van der Waals surface area contributed by atoms with E-state index in [9.17, 15) is 13.8 Å². The van der Waals surface area contributed by atoms with E-state index in [1.165, 1.54) is 26.4 Å². The first-order chi connectivity index (χ1) is 5.74. The van der Waals surface area contributed by atoms with E-state index in [2.05, 4.69) is 4.36 Å². The highest BCUT2D eigenvalue weighted by atomic mass is 32.2. The molecule has 0 bridgehead atoms. The summed E-state index contributed by atoms with van der Waals surface area (Å²) >= 11 is 0. The van der Waals surface area contributed by atoms with Crippen LogP contribution in [0.4, 0.5) is 0 Å². The van der Waals surface area contributed by atoms with Crippen molar-refractivity contribution in [1.82, 2.24) is 0 Å². The van der Waals surface area contributed by atoms with Gasteiger partial charge < -0.3 is 0 Å². The topological polar surface area (TPSA) is 63.6 Å². The number of Topliss-reactive ketones (excluding diaryl/α,β-unsaturated/α-hetero) is 2. The third-order valence-corrected chi connectivity index (χ3v) is 1.81. The predicted molar refractivity (Wildman–Crippen MR) is 51.9 cm³/mol. The Morgan fingerprint density at radius 3 is 1.77 bits per heavy atom. The van der Waals surface area contributed by atoms with Gasteiger partial charge in [-0.05, 0) is 13.8 Å². The van der Waals surface area contributed by atoms with Crippen LogP contribution >= 0.6 is 0 Å². The Morgan fingerprint density at radius 2 is 1.54 bits per heavy atom.